The van der Waals surface area contributed by atoms with Gasteiger partial charge >= 0.3 is 0 Å². The average Bonchev–Trinajstić information content (AvgIpc) is 3.11. The third-order valence-corrected chi connectivity index (χ3v) is 3.89. The van der Waals surface area contributed by atoms with Gasteiger partial charge in [0.25, 0.3) is 5.91 Å². The van der Waals surface area contributed by atoms with Crippen LogP contribution in [-0.4, -0.2) is 25.9 Å². The predicted octanol–water partition coefficient (Wildman–Crippen LogP) is 4.25. The normalized spacial score (nSPS) is 11.9. The summed E-state index contributed by atoms with van der Waals surface area (Å²) < 4.78 is 22.0. The van der Waals surface area contributed by atoms with Crippen LogP contribution in [0.1, 0.15) is 37.0 Å². The zero-order valence-electron chi connectivity index (χ0n) is 15.0. The van der Waals surface area contributed by atoms with Gasteiger partial charge in [-0.15, -0.1) is 0 Å². The van der Waals surface area contributed by atoms with Gasteiger partial charge in [-0.25, -0.2) is 0 Å². The van der Waals surface area contributed by atoms with E-state index in [1.165, 1.54) is 0 Å². The van der Waals surface area contributed by atoms with E-state index in [9.17, 15) is 4.79 Å². The number of carbonyl (C=O) groups is 1. The molecule has 26 heavy (non-hydrogen) atoms. The maximum atomic E-state index is 12.6. The van der Waals surface area contributed by atoms with Gasteiger partial charge < -0.3 is 24.3 Å². The molecule has 1 aliphatic heterocycles. The molecule has 0 spiro atoms. The predicted molar refractivity (Wildman–Crippen MR) is 98.5 cm³/mol. The zero-order valence-corrected chi connectivity index (χ0v) is 15.0. The summed E-state index contributed by atoms with van der Waals surface area (Å²) in [7, 11) is 0. The molecule has 1 heterocycles. The maximum absolute atomic E-state index is 12.6. The largest absolute Gasteiger partial charge is 0.490 e. The second-order valence-electron chi connectivity index (χ2n) is 5.82. The highest BCUT2D eigenvalue weighted by Crippen LogP contribution is 2.34. The number of anilines is 1. The van der Waals surface area contributed by atoms with Crippen LogP contribution in [0.15, 0.2) is 36.4 Å². The summed E-state index contributed by atoms with van der Waals surface area (Å²) in [6.07, 6.45) is 2.03. The Bertz CT molecular complexity index is 775. The topological polar surface area (TPSA) is 66.0 Å². The zero-order chi connectivity index (χ0) is 18.4. The van der Waals surface area contributed by atoms with Gasteiger partial charge in [0.15, 0.2) is 23.0 Å². The third-order valence-electron chi connectivity index (χ3n) is 3.89. The van der Waals surface area contributed by atoms with Gasteiger partial charge in [0.05, 0.1) is 13.2 Å². The molecule has 1 N–H and O–H groups in total. The molecule has 0 saturated carbocycles. The first-order chi connectivity index (χ1) is 12.7. The Morgan fingerprint density at radius 2 is 1.88 bits per heavy atom. The van der Waals surface area contributed by atoms with Gasteiger partial charge in [-0.05, 0) is 43.7 Å². The highest BCUT2D eigenvalue weighted by atomic mass is 16.7. The summed E-state index contributed by atoms with van der Waals surface area (Å²) in [5.74, 6) is 2.29. The number of unbranched alkanes of at least 4 members (excludes halogenated alkanes) is 1. The first-order valence-corrected chi connectivity index (χ1v) is 8.82. The second kappa shape index (κ2) is 8.47. The van der Waals surface area contributed by atoms with Crippen molar-refractivity contribution in [1.29, 1.82) is 0 Å². The maximum Gasteiger partial charge on any atom is 0.255 e. The van der Waals surface area contributed by atoms with Gasteiger partial charge in [0.2, 0.25) is 6.79 Å². The standard InChI is InChI=1S/C20H23NO5/c1-3-5-10-24-16-8-6-14(11-18(16)23-4-2)20(22)21-15-7-9-17-19(12-15)26-13-25-17/h6-9,11-12H,3-5,10,13H2,1-2H3,(H,21,22). The fourth-order valence-electron chi connectivity index (χ4n) is 2.54. The molecular weight excluding hydrogens is 334 g/mol. The van der Waals surface area contributed by atoms with Crippen molar-refractivity contribution in [3.05, 3.63) is 42.0 Å². The molecular formula is C20H23NO5. The summed E-state index contributed by atoms with van der Waals surface area (Å²) in [6.45, 7) is 5.33. The van der Waals surface area contributed by atoms with E-state index in [2.05, 4.69) is 12.2 Å². The molecule has 0 aromatic heterocycles. The first kappa shape index (κ1) is 17.9. The van der Waals surface area contributed by atoms with Crippen LogP contribution >= 0.6 is 0 Å². The minimum absolute atomic E-state index is 0.198. The van der Waals surface area contributed by atoms with Gasteiger partial charge in [0, 0.05) is 17.3 Å². The van der Waals surface area contributed by atoms with Crippen molar-refractivity contribution in [3.8, 4) is 23.0 Å². The molecule has 0 saturated heterocycles. The van der Waals surface area contributed by atoms with Crippen molar-refractivity contribution in [2.24, 2.45) is 0 Å². The molecule has 6 nitrogen and oxygen atoms in total. The highest BCUT2D eigenvalue weighted by molar-refractivity contribution is 6.04. The summed E-state index contributed by atoms with van der Waals surface area (Å²) in [4.78, 5) is 12.6. The van der Waals surface area contributed by atoms with Crippen LogP contribution in [0.25, 0.3) is 0 Å². The fraction of sp³-hybridized carbons (Fsp3) is 0.350. The summed E-state index contributed by atoms with van der Waals surface area (Å²) in [6, 6.07) is 10.5. The lowest BCUT2D eigenvalue weighted by Gasteiger charge is -2.13. The number of rotatable bonds is 8. The Balaban J connectivity index is 1.73. The second-order valence-corrected chi connectivity index (χ2v) is 5.82. The molecule has 0 fully saturated rings. The van der Waals surface area contributed by atoms with Crippen LogP contribution in [0.5, 0.6) is 23.0 Å². The van der Waals surface area contributed by atoms with Crippen molar-refractivity contribution in [1.82, 2.24) is 0 Å². The van der Waals surface area contributed by atoms with E-state index < -0.39 is 0 Å². The lowest BCUT2D eigenvalue weighted by Crippen LogP contribution is -2.12. The number of nitrogens with one attached hydrogen (secondary N) is 1. The monoisotopic (exact) mass is 357 g/mol. The SMILES string of the molecule is CCCCOc1ccc(C(=O)Nc2ccc3c(c2)OCO3)cc1OCC. The Kier molecular flexibility index (Phi) is 5.84. The van der Waals surface area contributed by atoms with E-state index in [0.717, 1.165) is 12.8 Å². The van der Waals surface area contributed by atoms with Gasteiger partial charge in [-0.1, -0.05) is 13.3 Å². The number of ether oxygens (including phenoxy) is 4. The van der Waals surface area contributed by atoms with E-state index in [-0.39, 0.29) is 12.7 Å². The molecule has 0 bridgehead atoms. The number of fused-ring (bicyclic) bond motifs is 1. The summed E-state index contributed by atoms with van der Waals surface area (Å²) in [5, 5.41) is 2.86. The number of amides is 1. The van der Waals surface area contributed by atoms with Crippen molar-refractivity contribution in [2.45, 2.75) is 26.7 Å². The quantitative estimate of drug-likeness (QED) is 0.716. The number of hydrogen-bond acceptors (Lipinski definition) is 5. The molecule has 0 unspecified atom stereocenters. The van der Waals surface area contributed by atoms with Crippen molar-refractivity contribution in [3.63, 3.8) is 0 Å². The van der Waals surface area contributed by atoms with Gasteiger partial charge in [0.1, 0.15) is 0 Å². The Labute approximate surface area is 153 Å². The van der Waals surface area contributed by atoms with Crippen molar-refractivity contribution in [2.75, 3.05) is 25.3 Å². The molecule has 0 aliphatic carbocycles. The molecule has 1 amide bonds. The van der Waals surface area contributed by atoms with Gasteiger partial charge in [-0.2, -0.15) is 0 Å². The molecule has 138 valence electrons. The Morgan fingerprint density at radius 1 is 1.04 bits per heavy atom. The summed E-state index contributed by atoms with van der Waals surface area (Å²) in [5.41, 5.74) is 1.13. The fourth-order valence-corrected chi connectivity index (χ4v) is 2.54. The number of hydrogen-bond donors (Lipinski definition) is 1. The van der Waals surface area contributed by atoms with E-state index in [4.69, 9.17) is 18.9 Å². The Morgan fingerprint density at radius 3 is 2.69 bits per heavy atom. The van der Waals surface area contributed by atoms with Crippen molar-refractivity contribution >= 4 is 11.6 Å². The average molecular weight is 357 g/mol. The van der Waals surface area contributed by atoms with E-state index in [0.29, 0.717) is 47.5 Å². The first-order valence-electron chi connectivity index (χ1n) is 8.82. The van der Waals surface area contributed by atoms with Crippen LogP contribution in [0, 0.1) is 0 Å². The molecule has 3 rings (SSSR count). The van der Waals surface area contributed by atoms with E-state index in [1.54, 1.807) is 36.4 Å². The smallest absolute Gasteiger partial charge is 0.255 e. The summed E-state index contributed by atoms with van der Waals surface area (Å²) >= 11 is 0. The Hall–Kier alpha value is -2.89. The molecule has 2 aromatic carbocycles. The lowest BCUT2D eigenvalue weighted by atomic mass is 10.1. The van der Waals surface area contributed by atoms with E-state index in [1.807, 2.05) is 6.92 Å². The van der Waals surface area contributed by atoms with Crippen molar-refractivity contribution < 1.29 is 23.7 Å². The minimum atomic E-state index is -0.232. The van der Waals surface area contributed by atoms with Gasteiger partial charge in [-0.3, -0.25) is 4.79 Å². The van der Waals surface area contributed by atoms with E-state index >= 15 is 0 Å². The minimum Gasteiger partial charge on any atom is -0.490 e. The molecule has 6 heteroatoms. The highest BCUT2D eigenvalue weighted by Gasteiger charge is 2.16. The molecule has 0 atom stereocenters. The third kappa shape index (κ3) is 4.20. The van der Waals surface area contributed by atoms with Crippen LogP contribution in [-0.2, 0) is 0 Å². The number of carbonyl (C=O) groups excluding carboxylic acids is 1. The molecule has 0 radical (unpaired) electrons. The van der Waals surface area contributed by atoms with Crippen LogP contribution in [0.3, 0.4) is 0 Å². The van der Waals surface area contributed by atoms with Crippen LogP contribution in [0.4, 0.5) is 5.69 Å². The van der Waals surface area contributed by atoms with Crippen LogP contribution in [0.2, 0.25) is 0 Å². The molecule has 2 aromatic rings. The number of benzene rings is 2. The molecule has 1 aliphatic rings. The lowest BCUT2D eigenvalue weighted by molar-refractivity contribution is 0.102. The van der Waals surface area contributed by atoms with Crippen LogP contribution < -0.4 is 24.3 Å².